The van der Waals surface area contributed by atoms with Gasteiger partial charge in [0.1, 0.15) is 0 Å². The third kappa shape index (κ3) is 2.63. The Balaban J connectivity index is 1.76. The molecule has 0 aromatic carbocycles. The minimum Gasteiger partial charge on any atom is -0.368 e. The maximum absolute atomic E-state index is 11.8. The molecule has 7 heteroatoms. The molecule has 1 saturated carbocycles. The fourth-order valence-corrected chi connectivity index (χ4v) is 4.22. The third-order valence-electron chi connectivity index (χ3n) is 4.01. The zero-order chi connectivity index (χ0) is 14.9. The first-order valence-corrected chi connectivity index (χ1v) is 8.04. The largest absolute Gasteiger partial charge is 0.368 e. The van der Waals surface area contributed by atoms with Crippen LogP contribution >= 0.6 is 11.8 Å². The Hall–Kier alpha value is -1.60. The quantitative estimate of drug-likeness (QED) is 0.867. The third-order valence-corrected chi connectivity index (χ3v) is 5.24. The van der Waals surface area contributed by atoms with Crippen LogP contribution in [0.5, 0.6) is 0 Å². The molecular formula is C14H19N5OS. The number of nitrogens with two attached hydrogens (primary N) is 1. The summed E-state index contributed by atoms with van der Waals surface area (Å²) in [6.45, 7) is 2.74. The predicted octanol–water partition coefficient (Wildman–Crippen LogP) is 1.21. The van der Waals surface area contributed by atoms with Crippen molar-refractivity contribution in [2.75, 3.05) is 6.54 Å². The number of carbonyl (C=O) groups excluding carboxylic acids is 1. The lowest BCUT2D eigenvalue weighted by Crippen LogP contribution is -2.53. The van der Waals surface area contributed by atoms with E-state index in [1.807, 2.05) is 35.7 Å². The smallest absolute Gasteiger partial charge is 0.237 e. The van der Waals surface area contributed by atoms with Crippen molar-refractivity contribution in [3.8, 4) is 0 Å². The number of likely N-dealkylation sites (N-methyl/N-ethyl adjacent to an activating group) is 1. The van der Waals surface area contributed by atoms with Gasteiger partial charge in [0.25, 0.3) is 0 Å². The molecule has 2 heterocycles. The number of carbonyl (C=O) groups is 1. The summed E-state index contributed by atoms with van der Waals surface area (Å²) in [6.07, 6.45) is 4.42. The van der Waals surface area contributed by atoms with Crippen LogP contribution in [0.15, 0.2) is 29.6 Å². The summed E-state index contributed by atoms with van der Waals surface area (Å²) >= 11 is 1.67. The number of nitrogens with zero attached hydrogens (tertiary/aromatic N) is 3. The molecule has 112 valence electrons. The van der Waals surface area contributed by atoms with Crippen LogP contribution in [-0.2, 0) is 4.79 Å². The standard InChI is InChI=1S/C14H19N5OS/c1-2-16-14(12(15)20)7-6-10(9-14)21-13-18-17-11-5-3-4-8-19(11)13/h3-5,8,10,16H,2,6-7,9H2,1H3,(H2,15,20). The van der Waals surface area contributed by atoms with Crippen LogP contribution in [0.4, 0.5) is 0 Å². The molecule has 2 atom stereocenters. The van der Waals surface area contributed by atoms with Crippen molar-refractivity contribution in [3.05, 3.63) is 24.4 Å². The van der Waals surface area contributed by atoms with Crippen molar-refractivity contribution < 1.29 is 4.79 Å². The van der Waals surface area contributed by atoms with Crippen LogP contribution in [0.3, 0.4) is 0 Å². The second kappa shape index (κ2) is 5.65. The first-order chi connectivity index (χ1) is 10.1. The lowest BCUT2D eigenvalue weighted by molar-refractivity contribution is -0.124. The van der Waals surface area contributed by atoms with Gasteiger partial charge in [0, 0.05) is 11.4 Å². The van der Waals surface area contributed by atoms with Crippen molar-refractivity contribution in [2.24, 2.45) is 5.73 Å². The van der Waals surface area contributed by atoms with Gasteiger partial charge in [0.05, 0.1) is 5.54 Å². The van der Waals surface area contributed by atoms with Gasteiger partial charge >= 0.3 is 0 Å². The second-order valence-electron chi connectivity index (χ2n) is 5.37. The molecule has 0 radical (unpaired) electrons. The minimum atomic E-state index is -0.563. The van der Waals surface area contributed by atoms with E-state index in [2.05, 4.69) is 15.5 Å². The number of hydrogen-bond acceptors (Lipinski definition) is 5. The molecule has 6 nitrogen and oxygen atoms in total. The normalized spacial score (nSPS) is 25.5. The number of thioether (sulfide) groups is 1. The Bertz CT molecular complexity index is 658. The van der Waals surface area contributed by atoms with E-state index >= 15 is 0 Å². The Morgan fingerprint density at radius 3 is 3.19 bits per heavy atom. The Morgan fingerprint density at radius 1 is 1.57 bits per heavy atom. The number of pyridine rings is 1. The highest BCUT2D eigenvalue weighted by Crippen LogP contribution is 2.39. The Kier molecular flexibility index (Phi) is 3.86. The van der Waals surface area contributed by atoms with Crippen molar-refractivity contribution in [1.82, 2.24) is 19.9 Å². The number of amides is 1. The van der Waals surface area contributed by atoms with E-state index in [0.717, 1.165) is 36.6 Å². The van der Waals surface area contributed by atoms with Crippen molar-refractivity contribution in [2.45, 2.75) is 42.1 Å². The topological polar surface area (TPSA) is 85.3 Å². The number of nitrogens with one attached hydrogen (secondary N) is 1. The van der Waals surface area contributed by atoms with Gasteiger partial charge in [0.2, 0.25) is 5.91 Å². The summed E-state index contributed by atoms with van der Waals surface area (Å²) in [7, 11) is 0. The SMILES string of the molecule is CCNC1(C(N)=O)CCC(Sc2nnc3ccccn23)C1. The molecule has 1 aliphatic rings. The number of rotatable bonds is 5. The monoisotopic (exact) mass is 305 g/mol. The predicted molar refractivity (Wildman–Crippen MR) is 82.1 cm³/mol. The fourth-order valence-electron chi connectivity index (χ4n) is 2.96. The van der Waals surface area contributed by atoms with Gasteiger partial charge in [-0.2, -0.15) is 0 Å². The van der Waals surface area contributed by atoms with Gasteiger partial charge in [-0.05, 0) is 37.9 Å². The van der Waals surface area contributed by atoms with Crippen LogP contribution in [0.1, 0.15) is 26.2 Å². The summed E-state index contributed by atoms with van der Waals surface area (Å²) < 4.78 is 1.97. The van der Waals surface area contributed by atoms with E-state index in [9.17, 15) is 4.79 Å². The Labute approximate surface area is 127 Å². The highest BCUT2D eigenvalue weighted by molar-refractivity contribution is 7.99. The number of hydrogen-bond donors (Lipinski definition) is 2. The van der Waals surface area contributed by atoms with Gasteiger partial charge < -0.3 is 11.1 Å². The van der Waals surface area contributed by atoms with Gasteiger partial charge in [-0.1, -0.05) is 24.8 Å². The zero-order valence-corrected chi connectivity index (χ0v) is 12.8. The van der Waals surface area contributed by atoms with Crippen molar-refractivity contribution in [3.63, 3.8) is 0 Å². The highest BCUT2D eigenvalue weighted by Gasteiger charge is 2.44. The van der Waals surface area contributed by atoms with Crippen LogP contribution in [0.25, 0.3) is 5.65 Å². The van der Waals surface area contributed by atoms with E-state index < -0.39 is 5.54 Å². The first kappa shape index (κ1) is 14.3. The van der Waals surface area contributed by atoms with E-state index in [4.69, 9.17) is 5.73 Å². The zero-order valence-electron chi connectivity index (χ0n) is 12.0. The van der Waals surface area contributed by atoms with Crippen LogP contribution in [0.2, 0.25) is 0 Å². The molecule has 1 aliphatic carbocycles. The van der Waals surface area contributed by atoms with Gasteiger partial charge in [0.15, 0.2) is 10.8 Å². The molecule has 2 aromatic rings. The van der Waals surface area contributed by atoms with Crippen molar-refractivity contribution in [1.29, 1.82) is 0 Å². The summed E-state index contributed by atoms with van der Waals surface area (Å²) in [5.74, 6) is -0.251. The average Bonchev–Trinajstić information content (AvgIpc) is 3.06. The van der Waals surface area contributed by atoms with Gasteiger partial charge in [-0.25, -0.2) is 0 Å². The Morgan fingerprint density at radius 2 is 2.43 bits per heavy atom. The maximum atomic E-state index is 11.8. The summed E-state index contributed by atoms with van der Waals surface area (Å²) in [4.78, 5) is 11.8. The molecule has 0 bridgehead atoms. The second-order valence-corrected chi connectivity index (χ2v) is 6.64. The molecule has 1 fully saturated rings. The molecule has 3 N–H and O–H groups in total. The molecule has 1 amide bonds. The average molecular weight is 305 g/mol. The number of aromatic nitrogens is 3. The summed E-state index contributed by atoms with van der Waals surface area (Å²) in [6, 6.07) is 5.83. The minimum absolute atomic E-state index is 0.251. The molecule has 3 rings (SSSR count). The first-order valence-electron chi connectivity index (χ1n) is 7.16. The molecule has 2 unspecified atom stereocenters. The van der Waals surface area contributed by atoms with E-state index in [-0.39, 0.29) is 5.91 Å². The summed E-state index contributed by atoms with van der Waals surface area (Å²) in [5, 5.41) is 12.9. The van der Waals surface area contributed by atoms with Crippen LogP contribution < -0.4 is 11.1 Å². The highest BCUT2D eigenvalue weighted by atomic mass is 32.2. The van der Waals surface area contributed by atoms with Crippen LogP contribution in [-0.4, -0.2) is 37.8 Å². The molecular weight excluding hydrogens is 286 g/mol. The van der Waals surface area contributed by atoms with Gasteiger partial charge in [-0.15, -0.1) is 10.2 Å². The van der Waals surface area contributed by atoms with Crippen LogP contribution in [0, 0.1) is 0 Å². The lowest BCUT2D eigenvalue weighted by atomic mass is 9.97. The fraction of sp³-hybridized carbons (Fsp3) is 0.500. The van der Waals surface area contributed by atoms with Gasteiger partial charge in [-0.3, -0.25) is 9.20 Å². The van der Waals surface area contributed by atoms with Crippen molar-refractivity contribution >= 4 is 23.3 Å². The molecule has 0 aliphatic heterocycles. The van der Waals surface area contributed by atoms with E-state index in [1.165, 1.54) is 0 Å². The van der Waals surface area contributed by atoms with E-state index in [0.29, 0.717) is 5.25 Å². The maximum Gasteiger partial charge on any atom is 0.237 e. The van der Waals surface area contributed by atoms with E-state index in [1.54, 1.807) is 11.8 Å². The summed E-state index contributed by atoms with van der Waals surface area (Å²) in [5.41, 5.74) is 5.88. The number of fused-ring (bicyclic) bond motifs is 1. The molecule has 2 aromatic heterocycles. The lowest BCUT2D eigenvalue weighted by Gasteiger charge is -2.26. The molecule has 0 saturated heterocycles. The molecule has 0 spiro atoms. The number of primary amides is 1. The molecule has 21 heavy (non-hydrogen) atoms.